The van der Waals surface area contributed by atoms with Gasteiger partial charge in [0.15, 0.2) is 0 Å². The summed E-state index contributed by atoms with van der Waals surface area (Å²) in [4.78, 5) is 12.1. The number of anilines is 2. The van der Waals surface area contributed by atoms with E-state index in [4.69, 9.17) is 17.3 Å². The van der Waals surface area contributed by atoms with Crippen molar-refractivity contribution in [3.05, 3.63) is 58.4 Å². The van der Waals surface area contributed by atoms with Gasteiger partial charge in [0.1, 0.15) is 5.82 Å². The summed E-state index contributed by atoms with van der Waals surface area (Å²) in [5, 5.41) is 2.78. The topological polar surface area (TPSA) is 55.1 Å². The molecule has 98 valence electrons. The largest absolute Gasteiger partial charge is 0.398 e. The second-order valence-electron chi connectivity index (χ2n) is 4.10. The third-order valence-electron chi connectivity index (χ3n) is 2.80. The number of benzene rings is 2. The molecule has 2 aromatic rings. The highest BCUT2D eigenvalue weighted by Crippen LogP contribution is 2.24. The Morgan fingerprint density at radius 2 is 2.05 bits per heavy atom. The monoisotopic (exact) mass is 278 g/mol. The van der Waals surface area contributed by atoms with Crippen LogP contribution in [0.4, 0.5) is 15.8 Å². The van der Waals surface area contributed by atoms with E-state index < -0.39 is 5.82 Å². The molecule has 0 aliphatic heterocycles. The summed E-state index contributed by atoms with van der Waals surface area (Å²) in [5.74, 6) is -0.790. The molecule has 0 aliphatic carbocycles. The number of hydrogen-bond donors (Lipinski definition) is 2. The first kappa shape index (κ1) is 13.4. The van der Waals surface area contributed by atoms with Gasteiger partial charge in [0.2, 0.25) is 0 Å². The molecule has 0 saturated carbocycles. The molecule has 2 rings (SSSR count). The molecule has 19 heavy (non-hydrogen) atoms. The summed E-state index contributed by atoms with van der Waals surface area (Å²) in [5.41, 5.74) is 7.79. The first-order valence-corrected chi connectivity index (χ1v) is 5.98. The predicted octanol–water partition coefficient (Wildman–Crippen LogP) is 3.62. The van der Waals surface area contributed by atoms with Crippen molar-refractivity contribution >= 4 is 28.9 Å². The van der Waals surface area contributed by atoms with E-state index in [2.05, 4.69) is 5.32 Å². The quantitative estimate of drug-likeness (QED) is 0.824. The number of halogens is 2. The van der Waals surface area contributed by atoms with Crippen molar-refractivity contribution in [2.45, 2.75) is 6.92 Å². The SMILES string of the molecule is Cc1c(N)cccc1C(=O)Nc1ccc(F)cc1Cl. The number of rotatable bonds is 2. The van der Waals surface area contributed by atoms with Crippen LogP contribution in [0.5, 0.6) is 0 Å². The third kappa shape index (κ3) is 2.85. The Balaban J connectivity index is 2.28. The van der Waals surface area contributed by atoms with Gasteiger partial charge >= 0.3 is 0 Å². The third-order valence-corrected chi connectivity index (χ3v) is 3.11. The number of nitrogens with two attached hydrogens (primary N) is 1. The van der Waals surface area contributed by atoms with Crippen molar-refractivity contribution in [1.29, 1.82) is 0 Å². The number of hydrogen-bond acceptors (Lipinski definition) is 2. The van der Waals surface area contributed by atoms with Crippen molar-refractivity contribution in [2.75, 3.05) is 11.1 Å². The highest BCUT2D eigenvalue weighted by atomic mass is 35.5. The van der Waals surface area contributed by atoms with E-state index >= 15 is 0 Å². The zero-order valence-corrected chi connectivity index (χ0v) is 11.0. The van der Waals surface area contributed by atoms with Crippen LogP contribution in [-0.2, 0) is 0 Å². The first-order valence-electron chi connectivity index (χ1n) is 5.60. The molecule has 0 unspecified atom stereocenters. The minimum Gasteiger partial charge on any atom is -0.398 e. The maximum absolute atomic E-state index is 12.9. The molecule has 0 aromatic heterocycles. The molecule has 0 saturated heterocycles. The minimum absolute atomic E-state index is 0.148. The molecule has 0 heterocycles. The minimum atomic E-state index is -0.455. The van der Waals surface area contributed by atoms with Crippen molar-refractivity contribution in [1.82, 2.24) is 0 Å². The summed E-state index contributed by atoms with van der Waals surface area (Å²) in [6, 6.07) is 8.87. The second kappa shape index (κ2) is 5.28. The highest BCUT2D eigenvalue weighted by molar-refractivity contribution is 6.33. The molecule has 2 aromatic carbocycles. The molecule has 0 fully saturated rings. The fourth-order valence-corrected chi connectivity index (χ4v) is 1.89. The Hall–Kier alpha value is -2.07. The van der Waals surface area contributed by atoms with Crippen LogP contribution in [0.1, 0.15) is 15.9 Å². The molecular weight excluding hydrogens is 267 g/mol. The Labute approximate surface area is 115 Å². The van der Waals surface area contributed by atoms with Gasteiger partial charge in [-0.1, -0.05) is 17.7 Å². The van der Waals surface area contributed by atoms with Gasteiger partial charge in [0, 0.05) is 11.3 Å². The van der Waals surface area contributed by atoms with Crippen molar-refractivity contribution in [3.63, 3.8) is 0 Å². The van der Waals surface area contributed by atoms with E-state index in [0.717, 1.165) is 6.07 Å². The summed E-state index contributed by atoms with van der Waals surface area (Å²) >= 11 is 5.85. The van der Waals surface area contributed by atoms with Crippen molar-refractivity contribution in [2.24, 2.45) is 0 Å². The predicted molar refractivity (Wildman–Crippen MR) is 75.0 cm³/mol. The van der Waals surface area contributed by atoms with Gasteiger partial charge in [-0.3, -0.25) is 4.79 Å². The summed E-state index contributed by atoms with van der Waals surface area (Å²) < 4.78 is 12.9. The average molecular weight is 279 g/mol. The standard InChI is InChI=1S/C14H12ClFN2O/c1-8-10(3-2-4-12(8)17)14(19)18-13-6-5-9(16)7-11(13)15/h2-7H,17H2,1H3,(H,18,19). The van der Waals surface area contributed by atoms with Crippen LogP contribution in [0.15, 0.2) is 36.4 Å². The van der Waals surface area contributed by atoms with Crippen LogP contribution >= 0.6 is 11.6 Å². The van der Waals surface area contributed by atoms with Gasteiger partial charge < -0.3 is 11.1 Å². The van der Waals surface area contributed by atoms with Crippen molar-refractivity contribution in [3.8, 4) is 0 Å². The summed E-state index contributed by atoms with van der Waals surface area (Å²) in [6.45, 7) is 1.76. The maximum Gasteiger partial charge on any atom is 0.256 e. The lowest BCUT2D eigenvalue weighted by Crippen LogP contribution is -2.14. The average Bonchev–Trinajstić information content (AvgIpc) is 2.36. The van der Waals surface area contributed by atoms with Crippen LogP contribution in [0.2, 0.25) is 5.02 Å². The van der Waals surface area contributed by atoms with E-state index in [1.165, 1.54) is 12.1 Å². The summed E-state index contributed by atoms with van der Waals surface area (Å²) in [6.07, 6.45) is 0. The molecule has 0 radical (unpaired) electrons. The molecule has 0 bridgehead atoms. The van der Waals surface area contributed by atoms with Crippen LogP contribution in [-0.4, -0.2) is 5.91 Å². The van der Waals surface area contributed by atoms with E-state index in [9.17, 15) is 9.18 Å². The van der Waals surface area contributed by atoms with Crippen LogP contribution < -0.4 is 11.1 Å². The number of carbonyl (C=O) groups excluding carboxylic acids is 1. The molecule has 3 nitrogen and oxygen atoms in total. The van der Waals surface area contributed by atoms with Crippen molar-refractivity contribution < 1.29 is 9.18 Å². The van der Waals surface area contributed by atoms with Gasteiger partial charge in [0.25, 0.3) is 5.91 Å². The molecular formula is C14H12ClFN2O. The van der Waals surface area contributed by atoms with Crippen LogP contribution in [0.3, 0.4) is 0 Å². The normalized spacial score (nSPS) is 10.3. The lowest BCUT2D eigenvalue weighted by molar-refractivity contribution is 0.102. The fourth-order valence-electron chi connectivity index (χ4n) is 1.68. The van der Waals surface area contributed by atoms with E-state index in [1.54, 1.807) is 25.1 Å². The zero-order chi connectivity index (χ0) is 14.0. The Morgan fingerprint density at radius 3 is 2.74 bits per heavy atom. The lowest BCUT2D eigenvalue weighted by Gasteiger charge is -2.10. The van der Waals surface area contributed by atoms with E-state index in [-0.39, 0.29) is 10.9 Å². The fraction of sp³-hybridized carbons (Fsp3) is 0.0714. The number of amides is 1. The molecule has 3 N–H and O–H groups in total. The van der Waals surface area contributed by atoms with E-state index in [1.807, 2.05) is 0 Å². The van der Waals surface area contributed by atoms with Crippen LogP contribution in [0, 0.1) is 12.7 Å². The Bertz CT molecular complexity index is 643. The first-order chi connectivity index (χ1) is 8.99. The zero-order valence-electron chi connectivity index (χ0n) is 10.2. The Morgan fingerprint density at radius 1 is 1.32 bits per heavy atom. The number of nitrogen functional groups attached to an aromatic ring is 1. The van der Waals surface area contributed by atoms with Gasteiger partial charge in [-0.05, 0) is 42.8 Å². The Kier molecular flexibility index (Phi) is 3.71. The van der Waals surface area contributed by atoms with Gasteiger partial charge in [-0.25, -0.2) is 4.39 Å². The molecule has 0 aliphatic rings. The van der Waals surface area contributed by atoms with Gasteiger partial charge in [-0.2, -0.15) is 0 Å². The number of nitrogens with one attached hydrogen (secondary N) is 1. The van der Waals surface area contributed by atoms with Crippen LogP contribution in [0.25, 0.3) is 0 Å². The molecule has 0 atom stereocenters. The second-order valence-corrected chi connectivity index (χ2v) is 4.51. The smallest absolute Gasteiger partial charge is 0.256 e. The summed E-state index contributed by atoms with van der Waals surface area (Å²) in [7, 11) is 0. The molecule has 1 amide bonds. The van der Waals surface area contributed by atoms with E-state index in [0.29, 0.717) is 22.5 Å². The highest BCUT2D eigenvalue weighted by Gasteiger charge is 2.12. The lowest BCUT2D eigenvalue weighted by atomic mass is 10.1. The molecule has 0 spiro atoms. The maximum atomic E-state index is 12.9. The number of carbonyl (C=O) groups is 1. The molecule has 5 heteroatoms. The van der Waals surface area contributed by atoms with Gasteiger partial charge in [-0.15, -0.1) is 0 Å². The van der Waals surface area contributed by atoms with Gasteiger partial charge in [0.05, 0.1) is 10.7 Å².